The van der Waals surface area contributed by atoms with Gasteiger partial charge in [0.05, 0.1) is 12.8 Å². The van der Waals surface area contributed by atoms with E-state index >= 15 is 0 Å². The van der Waals surface area contributed by atoms with Crippen LogP contribution in [0.25, 0.3) is 0 Å². The third-order valence-corrected chi connectivity index (χ3v) is 1.81. The highest BCUT2D eigenvalue weighted by molar-refractivity contribution is 8.04. The van der Waals surface area contributed by atoms with Crippen molar-refractivity contribution in [2.45, 2.75) is 0 Å². The lowest BCUT2D eigenvalue weighted by atomic mass is 10.9. The molecule has 7 heavy (non-hydrogen) atoms. The van der Waals surface area contributed by atoms with Crippen LogP contribution in [0.15, 0.2) is 0 Å². The molecule has 0 amide bonds. The summed E-state index contributed by atoms with van der Waals surface area (Å²) in [6.07, 6.45) is 0.0833. The first-order chi connectivity index (χ1) is 3.13. The lowest BCUT2D eigenvalue weighted by molar-refractivity contribution is -0.109. The van der Waals surface area contributed by atoms with E-state index < -0.39 is 11.9 Å². The molecule has 0 aliphatic rings. The van der Waals surface area contributed by atoms with Gasteiger partial charge in [0.25, 0.3) is 0 Å². The van der Waals surface area contributed by atoms with Gasteiger partial charge in [-0.15, -0.1) is 0 Å². The second-order valence-corrected chi connectivity index (χ2v) is 5.13. The van der Waals surface area contributed by atoms with Gasteiger partial charge in [0.2, 0.25) is 5.24 Å². The van der Waals surface area contributed by atoms with Crippen LogP contribution in [0.3, 0.4) is 0 Å². The Morgan fingerprint density at radius 1 is 1.57 bits per heavy atom. The first kappa shape index (κ1) is 7.97. The molecule has 0 bridgehead atoms. The topological polar surface area (TPSA) is 17.1 Å². The van der Waals surface area contributed by atoms with Gasteiger partial charge in [0.1, 0.15) is 0 Å². The van der Waals surface area contributed by atoms with Crippen molar-refractivity contribution >= 4 is 46.0 Å². The van der Waals surface area contributed by atoms with E-state index in [-0.39, 0.29) is 6.16 Å². The van der Waals surface area contributed by atoms with Crippen LogP contribution in [-0.2, 0) is 4.79 Å². The minimum atomic E-state index is -1.18. The summed E-state index contributed by atoms with van der Waals surface area (Å²) in [5, 5.41) is -0.476. The minimum Gasteiger partial charge on any atom is -0.281 e. The van der Waals surface area contributed by atoms with E-state index in [1.807, 2.05) is 0 Å². The van der Waals surface area contributed by atoms with Crippen LogP contribution in [-0.4, -0.2) is 11.4 Å². The molecule has 0 saturated heterocycles. The molecule has 0 aromatic carbocycles. The third-order valence-electron chi connectivity index (χ3n) is 0.244. The van der Waals surface area contributed by atoms with Crippen LogP contribution in [0, 0.1) is 0 Å². The van der Waals surface area contributed by atoms with Gasteiger partial charge in [-0.25, -0.2) is 0 Å². The molecule has 5 heteroatoms. The molecule has 0 heterocycles. The summed E-state index contributed by atoms with van der Waals surface area (Å²) in [6, 6.07) is 0. The number of rotatable bonds is 2. The molecule has 0 fully saturated rings. The van der Waals surface area contributed by atoms with E-state index in [9.17, 15) is 4.79 Å². The summed E-state index contributed by atoms with van der Waals surface area (Å²) in [5.41, 5.74) is 0. The Bertz CT molecular complexity index is 73.3. The normalized spacial score (nSPS) is 9.71. The largest absolute Gasteiger partial charge is 0.281 e. The van der Waals surface area contributed by atoms with Crippen LogP contribution >= 0.6 is 40.7 Å². The molecule has 0 atom stereocenters. The molecule has 0 spiro atoms. The highest BCUT2D eigenvalue weighted by atomic mass is 35.9. The average molecular weight is 179 g/mol. The molecule has 1 nitrogen and oxygen atoms in total. The smallest absolute Gasteiger partial charge is 0.228 e. The second-order valence-electron chi connectivity index (χ2n) is 0.816. The Labute approximate surface area is 57.3 Å². The summed E-state index contributed by atoms with van der Waals surface area (Å²) >= 11 is 15.3. The summed E-state index contributed by atoms with van der Waals surface area (Å²) in [5.74, 6) is 0. The SMILES string of the molecule is O=C(Cl)CP(Cl)Cl. The van der Waals surface area contributed by atoms with Crippen molar-refractivity contribution in [3.8, 4) is 0 Å². The first-order valence-electron chi connectivity index (χ1n) is 1.40. The van der Waals surface area contributed by atoms with Gasteiger partial charge in [-0.2, -0.15) is 0 Å². The number of hydrogen-bond acceptors (Lipinski definition) is 1. The van der Waals surface area contributed by atoms with E-state index in [0.717, 1.165) is 0 Å². The van der Waals surface area contributed by atoms with Crippen molar-refractivity contribution in [2.24, 2.45) is 0 Å². The highest BCUT2D eigenvalue weighted by Gasteiger charge is 2.02. The van der Waals surface area contributed by atoms with Crippen molar-refractivity contribution in [1.82, 2.24) is 0 Å². The van der Waals surface area contributed by atoms with Gasteiger partial charge in [0.15, 0.2) is 0 Å². The van der Waals surface area contributed by atoms with Crippen molar-refractivity contribution in [3.63, 3.8) is 0 Å². The van der Waals surface area contributed by atoms with Gasteiger partial charge >= 0.3 is 0 Å². The zero-order chi connectivity index (χ0) is 5.86. The van der Waals surface area contributed by atoms with Gasteiger partial charge < -0.3 is 0 Å². The van der Waals surface area contributed by atoms with Gasteiger partial charge in [0, 0.05) is 0 Å². The van der Waals surface area contributed by atoms with Gasteiger partial charge in [-0.1, -0.05) is 22.5 Å². The Hall–Kier alpha value is 0.970. The predicted molar refractivity (Wildman–Crippen MR) is 34.4 cm³/mol. The molecular formula is C2H2Cl3OP. The predicted octanol–water partition coefficient (Wildman–Crippen LogP) is 2.54. The number of halogens is 3. The molecule has 0 radical (unpaired) electrons. The fraction of sp³-hybridized carbons (Fsp3) is 0.500. The minimum absolute atomic E-state index is 0.0833. The lowest BCUT2D eigenvalue weighted by Crippen LogP contribution is -1.85. The molecule has 0 aliphatic carbocycles. The number of hydrogen-bond donors (Lipinski definition) is 0. The van der Waals surface area contributed by atoms with Crippen LogP contribution < -0.4 is 0 Å². The maximum Gasteiger partial charge on any atom is 0.228 e. The molecular weight excluding hydrogens is 177 g/mol. The highest BCUT2D eigenvalue weighted by Crippen LogP contribution is 2.46. The molecule has 0 aliphatic heterocycles. The fourth-order valence-electron chi connectivity index (χ4n) is 0.0940. The van der Waals surface area contributed by atoms with Crippen molar-refractivity contribution in [3.05, 3.63) is 0 Å². The Balaban J connectivity index is 3.13. The Kier molecular flexibility index (Phi) is 4.45. The number of carbonyl (C=O) groups is 1. The van der Waals surface area contributed by atoms with Gasteiger partial charge in [-0.05, 0) is 11.6 Å². The molecule has 0 N–H and O–H groups in total. The monoisotopic (exact) mass is 178 g/mol. The first-order valence-corrected chi connectivity index (χ1v) is 5.12. The van der Waals surface area contributed by atoms with Crippen LogP contribution in [0.1, 0.15) is 0 Å². The molecule has 0 unspecified atom stereocenters. The quantitative estimate of drug-likeness (QED) is 0.470. The molecule has 0 aromatic heterocycles. The zero-order valence-electron chi connectivity index (χ0n) is 3.20. The van der Waals surface area contributed by atoms with Crippen molar-refractivity contribution in [1.29, 1.82) is 0 Å². The molecule has 0 aromatic rings. The van der Waals surface area contributed by atoms with E-state index in [2.05, 4.69) is 0 Å². The third kappa shape index (κ3) is 6.97. The maximum absolute atomic E-state index is 9.87. The van der Waals surface area contributed by atoms with Crippen LogP contribution in [0.4, 0.5) is 0 Å². The van der Waals surface area contributed by atoms with E-state index in [0.29, 0.717) is 0 Å². The van der Waals surface area contributed by atoms with Crippen LogP contribution in [0.2, 0.25) is 0 Å². The fourth-order valence-corrected chi connectivity index (χ4v) is 1.66. The van der Waals surface area contributed by atoms with E-state index in [1.165, 1.54) is 0 Å². The van der Waals surface area contributed by atoms with Gasteiger partial charge in [-0.3, -0.25) is 4.79 Å². The molecule has 0 rings (SSSR count). The summed E-state index contributed by atoms with van der Waals surface area (Å²) in [6.45, 7) is -1.18. The molecule has 42 valence electrons. The number of carbonyl (C=O) groups excluding carboxylic acids is 1. The Morgan fingerprint density at radius 3 is 2.00 bits per heavy atom. The van der Waals surface area contributed by atoms with Crippen LogP contribution in [0.5, 0.6) is 0 Å². The average Bonchev–Trinajstić information content (AvgIpc) is 1.27. The summed E-state index contributed by atoms with van der Waals surface area (Å²) < 4.78 is 0. The van der Waals surface area contributed by atoms with E-state index in [1.54, 1.807) is 0 Å². The maximum atomic E-state index is 9.87. The van der Waals surface area contributed by atoms with E-state index in [4.69, 9.17) is 34.1 Å². The lowest BCUT2D eigenvalue weighted by Gasteiger charge is -1.88. The summed E-state index contributed by atoms with van der Waals surface area (Å²) in [4.78, 5) is 9.87. The zero-order valence-corrected chi connectivity index (χ0v) is 6.36. The standard InChI is InChI=1S/C2H2Cl3OP/c3-2(6)1-7(4)5/h1H2. The Morgan fingerprint density at radius 2 is 2.00 bits per heavy atom. The second kappa shape index (κ2) is 3.91. The summed E-state index contributed by atoms with van der Waals surface area (Å²) in [7, 11) is 0. The van der Waals surface area contributed by atoms with Crippen molar-refractivity contribution < 1.29 is 4.79 Å². The van der Waals surface area contributed by atoms with Crippen molar-refractivity contribution in [2.75, 3.05) is 6.16 Å². The molecule has 0 saturated carbocycles.